The maximum Gasteiger partial charge on any atom is 0.191 e. The van der Waals surface area contributed by atoms with Crippen molar-refractivity contribution in [2.45, 2.75) is 40.3 Å². The molecule has 5 nitrogen and oxygen atoms in total. The van der Waals surface area contributed by atoms with Gasteiger partial charge in [-0.05, 0) is 46.3 Å². The summed E-state index contributed by atoms with van der Waals surface area (Å²) in [5.74, 6) is 0.878. The Kier molecular flexibility index (Phi) is 8.58. The van der Waals surface area contributed by atoms with Gasteiger partial charge >= 0.3 is 0 Å². The van der Waals surface area contributed by atoms with E-state index in [2.05, 4.69) is 71.7 Å². The lowest BCUT2D eigenvalue weighted by atomic mass is 10.2. The van der Waals surface area contributed by atoms with Crippen LogP contribution >= 0.6 is 11.3 Å². The third-order valence-electron chi connectivity index (χ3n) is 4.03. The molecule has 0 aliphatic carbocycles. The Labute approximate surface area is 161 Å². The van der Waals surface area contributed by atoms with Crippen molar-refractivity contribution in [1.29, 1.82) is 0 Å². The van der Waals surface area contributed by atoms with Gasteiger partial charge in [0.2, 0.25) is 0 Å². The number of aromatic nitrogens is 1. The highest BCUT2D eigenvalue weighted by Gasteiger charge is 2.05. The first-order valence-corrected chi connectivity index (χ1v) is 10.1. The summed E-state index contributed by atoms with van der Waals surface area (Å²) in [6.45, 7) is 10.7. The minimum Gasteiger partial charge on any atom is -0.357 e. The number of hydrogen-bond donors (Lipinski definition) is 2. The molecule has 0 saturated carbocycles. The number of aliphatic imine (C=N–C) groups is 1. The monoisotopic (exact) mass is 373 g/mol. The third kappa shape index (κ3) is 7.14. The Morgan fingerprint density at radius 2 is 1.96 bits per heavy atom. The number of aryl methyl sites for hydroxylation is 2. The lowest BCUT2D eigenvalue weighted by Gasteiger charge is -2.17. The molecule has 0 fully saturated rings. The van der Waals surface area contributed by atoms with Crippen molar-refractivity contribution in [2.24, 2.45) is 4.99 Å². The predicted octanol–water partition coefficient (Wildman–Crippen LogP) is 3.34. The molecule has 1 aromatic carbocycles. The molecule has 0 aliphatic heterocycles. The molecule has 0 saturated heterocycles. The highest BCUT2D eigenvalue weighted by Crippen LogP contribution is 2.17. The minimum absolute atomic E-state index is 0.681. The van der Waals surface area contributed by atoms with Gasteiger partial charge in [-0.25, -0.2) is 9.98 Å². The van der Waals surface area contributed by atoms with Crippen LogP contribution in [0.2, 0.25) is 0 Å². The molecular weight excluding hydrogens is 342 g/mol. The van der Waals surface area contributed by atoms with E-state index in [9.17, 15) is 0 Å². The van der Waals surface area contributed by atoms with Gasteiger partial charge < -0.3 is 15.5 Å². The van der Waals surface area contributed by atoms with Crippen LogP contribution in [-0.4, -0.2) is 42.5 Å². The van der Waals surface area contributed by atoms with Gasteiger partial charge in [0.15, 0.2) is 5.96 Å². The summed E-state index contributed by atoms with van der Waals surface area (Å²) in [4.78, 5) is 12.8. The van der Waals surface area contributed by atoms with Crippen LogP contribution in [-0.2, 0) is 13.1 Å². The summed E-state index contributed by atoms with van der Waals surface area (Å²) in [5.41, 5.74) is 2.45. The van der Waals surface area contributed by atoms with Crippen LogP contribution in [0.15, 0.2) is 35.3 Å². The van der Waals surface area contributed by atoms with Crippen molar-refractivity contribution in [3.05, 3.63) is 51.5 Å². The maximum absolute atomic E-state index is 4.69. The summed E-state index contributed by atoms with van der Waals surface area (Å²) < 4.78 is 0. The molecule has 0 spiro atoms. The molecule has 0 bridgehead atoms. The fourth-order valence-electron chi connectivity index (χ4n) is 2.74. The predicted molar refractivity (Wildman–Crippen MR) is 112 cm³/mol. The molecule has 142 valence electrons. The molecule has 0 aliphatic rings. The first kappa shape index (κ1) is 20.4. The lowest BCUT2D eigenvalue weighted by Crippen LogP contribution is -2.38. The Hall–Kier alpha value is -1.92. The van der Waals surface area contributed by atoms with Crippen LogP contribution in [0.5, 0.6) is 0 Å². The summed E-state index contributed by atoms with van der Waals surface area (Å²) >= 11 is 1.73. The van der Waals surface area contributed by atoms with Crippen molar-refractivity contribution in [1.82, 2.24) is 20.5 Å². The van der Waals surface area contributed by atoms with Gasteiger partial charge in [0.05, 0.1) is 17.2 Å². The van der Waals surface area contributed by atoms with Crippen molar-refractivity contribution >= 4 is 17.3 Å². The van der Waals surface area contributed by atoms with E-state index in [0.29, 0.717) is 6.54 Å². The number of benzene rings is 1. The zero-order valence-corrected chi connectivity index (χ0v) is 17.2. The van der Waals surface area contributed by atoms with E-state index in [1.165, 1.54) is 10.4 Å². The molecule has 1 heterocycles. The molecule has 2 rings (SSSR count). The number of nitrogens with one attached hydrogen (secondary N) is 2. The summed E-state index contributed by atoms with van der Waals surface area (Å²) in [7, 11) is 2.17. The molecule has 26 heavy (non-hydrogen) atoms. The van der Waals surface area contributed by atoms with Crippen molar-refractivity contribution < 1.29 is 0 Å². The molecule has 0 unspecified atom stereocenters. The molecule has 0 atom stereocenters. The first-order chi connectivity index (χ1) is 12.6. The Morgan fingerprint density at radius 1 is 1.19 bits per heavy atom. The van der Waals surface area contributed by atoms with Crippen LogP contribution < -0.4 is 10.6 Å². The lowest BCUT2D eigenvalue weighted by molar-refractivity contribution is 0.322. The average Bonchev–Trinajstić information content (AvgIpc) is 2.94. The van der Waals surface area contributed by atoms with Crippen molar-refractivity contribution in [3.8, 4) is 0 Å². The number of hydrogen-bond acceptors (Lipinski definition) is 4. The molecule has 1 aromatic heterocycles. The fourth-order valence-corrected chi connectivity index (χ4v) is 3.60. The fraction of sp³-hybridized carbons (Fsp3) is 0.500. The van der Waals surface area contributed by atoms with E-state index in [4.69, 9.17) is 4.99 Å². The standard InChI is InChI=1S/C20H31N5S/c1-5-21-20(23-14-19-16(2)24-17(3)26-19)22-12-9-13-25(4)15-18-10-7-6-8-11-18/h6-8,10-11H,5,9,12-15H2,1-4H3,(H2,21,22,23). The van der Waals surface area contributed by atoms with E-state index in [0.717, 1.165) is 49.3 Å². The number of thiazole rings is 1. The van der Waals surface area contributed by atoms with Crippen LogP contribution in [0.3, 0.4) is 0 Å². The molecular formula is C20H31N5S. The molecule has 0 amide bonds. The van der Waals surface area contributed by atoms with E-state index >= 15 is 0 Å². The molecule has 0 radical (unpaired) electrons. The SMILES string of the molecule is CCNC(=NCc1sc(C)nc1C)NCCCN(C)Cc1ccccc1. The van der Waals surface area contributed by atoms with E-state index in [1.807, 2.05) is 6.92 Å². The van der Waals surface area contributed by atoms with Gasteiger partial charge in [-0.2, -0.15) is 0 Å². The third-order valence-corrected chi connectivity index (χ3v) is 5.09. The first-order valence-electron chi connectivity index (χ1n) is 9.26. The average molecular weight is 374 g/mol. The smallest absolute Gasteiger partial charge is 0.191 e. The van der Waals surface area contributed by atoms with Gasteiger partial charge in [0.25, 0.3) is 0 Å². The van der Waals surface area contributed by atoms with Gasteiger partial charge in [-0.3, -0.25) is 0 Å². The number of rotatable bonds is 9. The van der Waals surface area contributed by atoms with Crippen molar-refractivity contribution in [3.63, 3.8) is 0 Å². The largest absolute Gasteiger partial charge is 0.357 e. The minimum atomic E-state index is 0.681. The zero-order chi connectivity index (χ0) is 18.8. The highest BCUT2D eigenvalue weighted by atomic mass is 32.1. The van der Waals surface area contributed by atoms with Crippen LogP contribution in [0, 0.1) is 13.8 Å². The second-order valence-corrected chi connectivity index (χ2v) is 7.73. The quantitative estimate of drug-likeness (QED) is 0.402. The Bertz CT molecular complexity index is 681. The second-order valence-electron chi connectivity index (χ2n) is 6.44. The van der Waals surface area contributed by atoms with Gasteiger partial charge in [0.1, 0.15) is 0 Å². The topological polar surface area (TPSA) is 52.6 Å². The van der Waals surface area contributed by atoms with Crippen LogP contribution in [0.25, 0.3) is 0 Å². The number of nitrogens with zero attached hydrogens (tertiary/aromatic N) is 3. The zero-order valence-electron chi connectivity index (χ0n) is 16.4. The van der Waals surface area contributed by atoms with Crippen molar-refractivity contribution in [2.75, 3.05) is 26.7 Å². The molecule has 2 aromatic rings. The van der Waals surface area contributed by atoms with Crippen LogP contribution in [0.1, 0.15) is 34.5 Å². The van der Waals surface area contributed by atoms with E-state index in [-0.39, 0.29) is 0 Å². The Balaban J connectivity index is 1.73. The Morgan fingerprint density at radius 3 is 2.62 bits per heavy atom. The summed E-state index contributed by atoms with van der Waals surface area (Å²) in [6.07, 6.45) is 1.08. The second kappa shape index (κ2) is 10.9. The van der Waals surface area contributed by atoms with Gasteiger partial charge in [-0.1, -0.05) is 30.3 Å². The normalized spacial score (nSPS) is 11.8. The van der Waals surface area contributed by atoms with Crippen LogP contribution in [0.4, 0.5) is 0 Å². The molecule has 2 N–H and O–H groups in total. The van der Waals surface area contributed by atoms with E-state index < -0.39 is 0 Å². The maximum atomic E-state index is 4.69. The van der Waals surface area contributed by atoms with Gasteiger partial charge in [-0.15, -0.1) is 11.3 Å². The van der Waals surface area contributed by atoms with E-state index in [1.54, 1.807) is 11.3 Å². The summed E-state index contributed by atoms with van der Waals surface area (Å²) in [5, 5.41) is 7.85. The number of guanidine groups is 1. The van der Waals surface area contributed by atoms with Gasteiger partial charge in [0, 0.05) is 24.5 Å². The highest BCUT2D eigenvalue weighted by molar-refractivity contribution is 7.11. The molecule has 6 heteroatoms. The summed E-state index contributed by atoms with van der Waals surface area (Å²) in [6, 6.07) is 10.6.